The van der Waals surface area contributed by atoms with Crippen molar-refractivity contribution in [3.63, 3.8) is 0 Å². The highest BCUT2D eigenvalue weighted by atomic mass is 32.2. The number of hydrogen-bond acceptors (Lipinski definition) is 4. The van der Waals surface area contributed by atoms with Gasteiger partial charge in [-0.25, -0.2) is 26.8 Å². The Morgan fingerprint density at radius 3 is 2.72 bits per heavy atom. The molecule has 2 heterocycles. The maximum absolute atomic E-state index is 12.5. The highest BCUT2D eigenvalue weighted by Crippen LogP contribution is 2.28. The second-order valence-corrected chi connectivity index (χ2v) is 8.21. The van der Waals surface area contributed by atoms with Gasteiger partial charge in [0.25, 0.3) is 0 Å². The Morgan fingerprint density at radius 1 is 1.32 bits per heavy atom. The number of piperidine rings is 1. The van der Waals surface area contributed by atoms with E-state index in [1.165, 1.54) is 15.1 Å². The third kappa shape index (κ3) is 3.45. The number of nitrogens with zero attached hydrogens (tertiary/aromatic N) is 4. The molecule has 0 radical (unpaired) electrons. The third-order valence-electron chi connectivity index (χ3n) is 4.44. The maximum atomic E-state index is 12.5. The molecule has 1 aromatic carbocycles. The van der Waals surface area contributed by atoms with E-state index in [1.54, 1.807) is 11.6 Å². The number of rotatable bonds is 5. The second kappa shape index (κ2) is 6.97. The minimum absolute atomic E-state index is 0.0760. The molecule has 1 aliphatic heterocycles. The smallest absolute Gasteiger partial charge is 0.247 e. The molecule has 0 saturated carbocycles. The Balaban J connectivity index is 1.99. The van der Waals surface area contributed by atoms with E-state index in [0.717, 1.165) is 18.5 Å². The molecule has 8 heteroatoms. The second-order valence-electron chi connectivity index (χ2n) is 6.20. The van der Waals surface area contributed by atoms with E-state index in [0.29, 0.717) is 18.9 Å². The van der Waals surface area contributed by atoms with Gasteiger partial charge in [-0.2, -0.15) is 5.10 Å². The largest absolute Gasteiger partial charge is 0.350 e. The molecule has 134 valence electrons. The zero-order valence-corrected chi connectivity index (χ0v) is 15.0. The van der Waals surface area contributed by atoms with Gasteiger partial charge in [-0.15, -0.1) is 6.58 Å². The molecule has 1 aliphatic rings. The van der Waals surface area contributed by atoms with Crippen LogP contribution in [-0.2, 0) is 17.1 Å². The number of sulfonamides is 1. The average molecular weight is 362 g/mol. The molecule has 3 rings (SSSR count). The summed E-state index contributed by atoms with van der Waals surface area (Å²) in [5.41, 5.74) is 0.508. The zero-order chi connectivity index (χ0) is 18.0. The van der Waals surface area contributed by atoms with E-state index >= 15 is 0 Å². The molecule has 0 amide bonds. The first-order valence-corrected chi connectivity index (χ1v) is 9.85. The fourth-order valence-corrected chi connectivity index (χ4v) is 4.55. The molecule has 0 aliphatic carbocycles. The molecule has 25 heavy (non-hydrogen) atoms. The van der Waals surface area contributed by atoms with Gasteiger partial charge in [0, 0.05) is 26.1 Å². The van der Waals surface area contributed by atoms with Crippen LogP contribution < -0.4 is 5.69 Å². The molecule has 1 aromatic heterocycles. The topological polar surface area (TPSA) is 77.2 Å². The van der Waals surface area contributed by atoms with Gasteiger partial charge in [0.2, 0.25) is 10.0 Å². The van der Waals surface area contributed by atoms with Gasteiger partial charge < -0.3 is 0 Å². The van der Waals surface area contributed by atoms with Gasteiger partial charge in [0.05, 0.1) is 11.4 Å². The van der Waals surface area contributed by atoms with Gasteiger partial charge in [-0.3, -0.25) is 0 Å². The Bertz CT molecular complexity index is 915. The number of aromatic nitrogens is 3. The lowest BCUT2D eigenvalue weighted by Gasteiger charge is -2.31. The average Bonchev–Trinajstić information content (AvgIpc) is 2.91. The normalized spacial score (nSPS) is 19.0. The summed E-state index contributed by atoms with van der Waals surface area (Å²) in [7, 11) is -1.75. The van der Waals surface area contributed by atoms with Crippen molar-refractivity contribution >= 4 is 10.0 Å². The van der Waals surface area contributed by atoms with E-state index in [4.69, 9.17) is 0 Å². The first kappa shape index (κ1) is 17.6. The number of aryl methyl sites for hydroxylation is 1. The van der Waals surface area contributed by atoms with Crippen molar-refractivity contribution in [2.24, 2.45) is 7.05 Å². The molecular weight excluding hydrogens is 340 g/mol. The monoisotopic (exact) mass is 362 g/mol. The van der Waals surface area contributed by atoms with E-state index in [9.17, 15) is 13.2 Å². The minimum Gasteiger partial charge on any atom is -0.247 e. The molecule has 0 unspecified atom stereocenters. The van der Waals surface area contributed by atoms with Crippen LogP contribution in [0.2, 0.25) is 0 Å². The van der Waals surface area contributed by atoms with Gasteiger partial charge in [0.15, 0.2) is 0 Å². The highest BCUT2D eigenvalue weighted by molar-refractivity contribution is 7.89. The van der Waals surface area contributed by atoms with Crippen LogP contribution in [0.5, 0.6) is 0 Å². The van der Waals surface area contributed by atoms with Crippen molar-refractivity contribution in [3.8, 4) is 5.69 Å². The fraction of sp³-hybridized carbons (Fsp3) is 0.412. The molecule has 1 saturated heterocycles. The van der Waals surface area contributed by atoms with E-state index in [1.807, 2.05) is 30.3 Å². The van der Waals surface area contributed by atoms with E-state index < -0.39 is 10.0 Å². The van der Waals surface area contributed by atoms with Crippen molar-refractivity contribution in [1.29, 1.82) is 0 Å². The number of benzene rings is 1. The Kier molecular flexibility index (Phi) is 4.91. The lowest BCUT2D eigenvalue weighted by molar-refractivity contribution is 0.307. The van der Waals surface area contributed by atoms with Crippen molar-refractivity contribution in [1.82, 2.24) is 18.7 Å². The SMILES string of the molecule is C=CCS(=O)(=O)N1CCC[C@@H](c2nn(C)c(=O)n2-c2ccccc2)C1. The van der Waals surface area contributed by atoms with Crippen LogP contribution in [0.4, 0.5) is 0 Å². The summed E-state index contributed by atoms with van der Waals surface area (Å²) in [6.07, 6.45) is 2.93. The predicted molar refractivity (Wildman–Crippen MR) is 96.3 cm³/mol. The standard InChI is InChI=1S/C17H22N4O3S/c1-3-12-25(23,24)20-11-7-8-14(13-20)16-18-19(2)17(22)21(16)15-9-5-4-6-10-15/h3-6,9-10,14H,1,7-8,11-13H2,2H3/t14-/m1/s1. The summed E-state index contributed by atoms with van der Waals surface area (Å²) in [6, 6.07) is 9.30. The summed E-state index contributed by atoms with van der Waals surface area (Å²) in [6.45, 7) is 4.35. The summed E-state index contributed by atoms with van der Waals surface area (Å²) < 4.78 is 29.1. The molecule has 0 spiro atoms. The maximum Gasteiger partial charge on any atom is 0.350 e. The van der Waals surface area contributed by atoms with Crippen LogP contribution in [0, 0.1) is 0 Å². The number of para-hydroxylation sites is 1. The predicted octanol–water partition coefficient (Wildman–Crippen LogP) is 1.27. The van der Waals surface area contributed by atoms with Crippen molar-refractivity contribution in [3.05, 3.63) is 59.3 Å². The minimum atomic E-state index is -3.36. The third-order valence-corrected chi connectivity index (χ3v) is 6.21. The van der Waals surface area contributed by atoms with Crippen LogP contribution in [0.1, 0.15) is 24.6 Å². The van der Waals surface area contributed by atoms with Gasteiger partial charge in [-0.05, 0) is 25.0 Å². The van der Waals surface area contributed by atoms with Gasteiger partial charge >= 0.3 is 5.69 Å². The van der Waals surface area contributed by atoms with E-state index in [-0.39, 0.29) is 17.4 Å². The first-order valence-electron chi connectivity index (χ1n) is 8.24. The van der Waals surface area contributed by atoms with Gasteiger partial charge in [-0.1, -0.05) is 24.3 Å². The zero-order valence-electron chi connectivity index (χ0n) is 14.2. The molecule has 0 N–H and O–H groups in total. The molecule has 1 fully saturated rings. The molecule has 1 atom stereocenters. The molecule has 0 bridgehead atoms. The first-order chi connectivity index (χ1) is 11.9. The Labute approximate surface area is 147 Å². The lowest BCUT2D eigenvalue weighted by atomic mass is 9.98. The summed E-state index contributed by atoms with van der Waals surface area (Å²) >= 11 is 0. The Morgan fingerprint density at radius 2 is 2.04 bits per heavy atom. The van der Waals surface area contributed by atoms with Crippen molar-refractivity contribution in [2.45, 2.75) is 18.8 Å². The van der Waals surface area contributed by atoms with Crippen LogP contribution in [0.25, 0.3) is 5.69 Å². The van der Waals surface area contributed by atoms with Crippen LogP contribution >= 0.6 is 0 Å². The fourth-order valence-electron chi connectivity index (χ4n) is 3.23. The van der Waals surface area contributed by atoms with Crippen LogP contribution in [-0.4, -0.2) is 45.9 Å². The quantitative estimate of drug-likeness (QED) is 0.751. The lowest BCUT2D eigenvalue weighted by Crippen LogP contribution is -2.40. The summed E-state index contributed by atoms with van der Waals surface area (Å²) in [5.74, 6) is 0.410. The van der Waals surface area contributed by atoms with E-state index in [2.05, 4.69) is 11.7 Å². The molecule has 7 nitrogen and oxygen atoms in total. The van der Waals surface area contributed by atoms with Crippen LogP contribution in [0.3, 0.4) is 0 Å². The Hall–Kier alpha value is -2.19. The van der Waals surface area contributed by atoms with Crippen LogP contribution in [0.15, 0.2) is 47.8 Å². The molecule has 2 aromatic rings. The summed E-state index contributed by atoms with van der Waals surface area (Å²) in [5, 5.41) is 4.40. The van der Waals surface area contributed by atoms with Gasteiger partial charge in [0.1, 0.15) is 5.82 Å². The summed E-state index contributed by atoms with van der Waals surface area (Å²) in [4.78, 5) is 12.5. The highest BCUT2D eigenvalue weighted by Gasteiger charge is 2.32. The van der Waals surface area contributed by atoms with Crippen molar-refractivity contribution < 1.29 is 8.42 Å². The number of hydrogen-bond donors (Lipinski definition) is 0. The molecular formula is C17H22N4O3S. The van der Waals surface area contributed by atoms with Crippen molar-refractivity contribution in [2.75, 3.05) is 18.8 Å².